The molecule has 1 unspecified atom stereocenters. The Labute approximate surface area is 235 Å². The Morgan fingerprint density at radius 2 is 1.68 bits per heavy atom. The Morgan fingerprint density at radius 1 is 0.975 bits per heavy atom. The van der Waals surface area contributed by atoms with Crippen molar-refractivity contribution in [3.05, 3.63) is 79.1 Å². The first-order chi connectivity index (χ1) is 19.2. The highest BCUT2D eigenvalue weighted by Crippen LogP contribution is 2.45. The predicted octanol–water partition coefficient (Wildman–Crippen LogP) is 5.90. The van der Waals surface area contributed by atoms with E-state index in [1.165, 1.54) is 4.90 Å². The molecule has 2 aromatic carbocycles. The maximum Gasteiger partial charge on any atom is 0.350 e. The molecule has 1 aliphatic rings. The van der Waals surface area contributed by atoms with Crippen LogP contribution in [0.1, 0.15) is 75.0 Å². The van der Waals surface area contributed by atoms with E-state index in [4.69, 9.17) is 18.6 Å². The van der Waals surface area contributed by atoms with Crippen molar-refractivity contribution in [3.8, 4) is 11.5 Å². The molecule has 4 aromatic rings. The van der Waals surface area contributed by atoms with Crippen LogP contribution in [0.4, 0.5) is 5.13 Å². The lowest BCUT2D eigenvalue weighted by molar-refractivity contribution is 0.0531. The number of carbonyl (C=O) groups is 2. The Kier molecular flexibility index (Phi) is 7.37. The fourth-order valence-corrected chi connectivity index (χ4v) is 5.84. The van der Waals surface area contributed by atoms with E-state index in [0.717, 1.165) is 22.5 Å². The average molecular weight is 563 g/mol. The number of amides is 1. The van der Waals surface area contributed by atoms with Gasteiger partial charge in [0.1, 0.15) is 10.5 Å². The van der Waals surface area contributed by atoms with E-state index in [2.05, 4.69) is 4.98 Å². The molecular formula is C30H30N2O7S. The third-order valence-corrected chi connectivity index (χ3v) is 7.96. The number of thiazole rings is 1. The van der Waals surface area contributed by atoms with Crippen LogP contribution in [0.5, 0.6) is 11.5 Å². The van der Waals surface area contributed by atoms with E-state index < -0.39 is 17.9 Å². The second-order valence-electron chi connectivity index (χ2n) is 9.39. The summed E-state index contributed by atoms with van der Waals surface area (Å²) < 4.78 is 22.9. The van der Waals surface area contributed by atoms with Crippen molar-refractivity contribution in [2.75, 3.05) is 24.7 Å². The van der Waals surface area contributed by atoms with Crippen LogP contribution in [-0.2, 0) is 4.74 Å². The smallest absolute Gasteiger partial charge is 0.350 e. The molecule has 1 aliphatic heterocycles. The number of esters is 1. The number of benzene rings is 2. The summed E-state index contributed by atoms with van der Waals surface area (Å²) >= 11 is 1.04. The van der Waals surface area contributed by atoms with Crippen molar-refractivity contribution >= 4 is 39.3 Å². The molecule has 2 aromatic heterocycles. The lowest BCUT2D eigenvalue weighted by Crippen LogP contribution is -2.29. The normalized spacial score (nSPS) is 14.5. The lowest BCUT2D eigenvalue weighted by Gasteiger charge is -2.23. The lowest BCUT2D eigenvalue weighted by atomic mass is 9.97. The third kappa shape index (κ3) is 4.52. The van der Waals surface area contributed by atoms with Crippen molar-refractivity contribution in [2.45, 2.75) is 47.6 Å². The molecule has 208 valence electrons. The van der Waals surface area contributed by atoms with E-state index in [1.54, 1.807) is 44.2 Å². The van der Waals surface area contributed by atoms with Crippen molar-refractivity contribution in [1.82, 2.24) is 4.98 Å². The molecule has 0 fully saturated rings. The number of ether oxygens (including phenoxy) is 3. The number of fused-ring (bicyclic) bond motifs is 2. The number of aryl methyl sites for hydroxylation is 3. The van der Waals surface area contributed by atoms with Gasteiger partial charge in [-0.1, -0.05) is 17.4 Å². The van der Waals surface area contributed by atoms with E-state index in [-0.39, 0.29) is 33.4 Å². The minimum absolute atomic E-state index is 0.0527. The predicted molar refractivity (Wildman–Crippen MR) is 152 cm³/mol. The summed E-state index contributed by atoms with van der Waals surface area (Å²) in [4.78, 5) is 46.9. The summed E-state index contributed by atoms with van der Waals surface area (Å²) in [6.45, 7) is 12.0. The molecule has 0 saturated heterocycles. The molecule has 1 amide bonds. The van der Waals surface area contributed by atoms with E-state index in [1.807, 2.05) is 27.7 Å². The van der Waals surface area contributed by atoms with Crippen LogP contribution in [0.25, 0.3) is 11.0 Å². The van der Waals surface area contributed by atoms with Crippen LogP contribution in [0.3, 0.4) is 0 Å². The number of anilines is 1. The van der Waals surface area contributed by atoms with E-state index in [0.29, 0.717) is 46.9 Å². The minimum atomic E-state index is -0.875. The SMILES string of the molecule is CCOC(=O)c1sc(N2C(=O)c3oc4cc(C)c(C)cc4c(=O)c3C2c2ccc(OCC)c(OCC)c2)nc1C. The highest BCUT2D eigenvalue weighted by Gasteiger charge is 2.45. The largest absolute Gasteiger partial charge is 0.490 e. The molecule has 0 bridgehead atoms. The fraction of sp³-hybridized carbons (Fsp3) is 0.333. The second kappa shape index (κ2) is 10.8. The molecule has 3 heterocycles. The second-order valence-corrected chi connectivity index (χ2v) is 10.4. The van der Waals surface area contributed by atoms with Gasteiger partial charge in [0.15, 0.2) is 22.1 Å². The Morgan fingerprint density at radius 3 is 2.38 bits per heavy atom. The number of nitrogens with zero attached hydrogens (tertiary/aromatic N) is 2. The number of hydrogen-bond acceptors (Lipinski definition) is 9. The molecule has 0 spiro atoms. The zero-order valence-electron chi connectivity index (χ0n) is 23.2. The Bertz CT molecular complexity index is 1700. The van der Waals surface area contributed by atoms with Gasteiger partial charge in [0.25, 0.3) is 5.91 Å². The minimum Gasteiger partial charge on any atom is -0.490 e. The standard InChI is InChI=1S/C30H30N2O7S/c1-7-36-20-11-10-18(14-22(20)37-8-2)24-23-25(33)19-12-15(4)16(5)13-21(19)39-26(23)28(34)32(24)30-31-17(6)27(40-30)29(35)38-9-3/h10-14,24H,7-9H2,1-6H3. The summed E-state index contributed by atoms with van der Waals surface area (Å²) in [5.41, 5.74) is 3.16. The van der Waals surface area contributed by atoms with Crippen LogP contribution in [0.2, 0.25) is 0 Å². The quantitative estimate of drug-likeness (QED) is 0.244. The summed E-state index contributed by atoms with van der Waals surface area (Å²) in [6.07, 6.45) is 0. The van der Waals surface area contributed by atoms with Gasteiger partial charge in [-0.05, 0) is 82.5 Å². The van der Waals surface area contributed by atoms with Gasteiger partial charge >= 0.3 is 5.97 Å². The van der Waals surface area contributed by atoms with Crippen molar-refractivity contribution in [2.24, 2.45) is 0 Å². The van der Waals surface area contributed by atoms with Gasteiger partial charge in [-0.3, -0.25) is 14.5 Å². The number of hydrogen-bond donors (Lipinski definition) is 0. The zero-order valence-corrected chi connectivity index (χ0v) is 24.1. The number of rotatable bonds is 8. The fourth-order valence-electron chi connectivity index (χ4n) is 4.85. The van der Waals surface area contributed by atoms with E-state index >= 15 is 0 Å². The van der Waals surface area contributed by atoms with Gasteiger partial charge in [0.2, 0.25) is 5.76 Å². The van der Waals surface area contributed by atoms with Crippen LogP contribution < -0.4 is 19.8 Å². The van der Waals surface area contributed by atoms with Gasteiger partial charge in [-0.25, -0.2) is 9.78 Å². The molecule has 40 heavy (non-hydrogen) atoms. The maximum absolute atomic E-state index is 14.0. The maximum atomic E-state index is 14.0. The van der Waals surface area contributed by atoms with Crippen LogP contribution in [0.15, 0.2) is 39.5 Å². The van der Waals surface area contributed by atoms with Gasteiger partial charge in [0, 0.05) is 0 Å². The molecular weight excluding hydrogens is 532 g/mol. The van der Waals surface area contributed by atoms with Gasteiger partial charge in [0.05, 0.1) is 42.5 Å². The third-order valence-electron chi connectivity index (χ3n) is 6.82. The molecule has 0 saturated carbocycles. The molecule has 1 atom stereocenters. The first kappa shape index (κ1) is 27.4. The topological polar surface area (TPSA) is 108 Å². The highest BCUT2D eigenvalue weighted by molar-refractivity contribution is 7.17. The van der Waals surface area contributed by atoms with E-state index in [9.17, 15) is 14.4 Å². The number of carbonyl (C=O) groups excluding carboxylic acids is 2. The van der Waals surface area contributed by atoms with Crippen LogP contribution in [-0.4, -0.2) is 36.7 Å². The van der Waals surface area contributed by atoms with Gasteiger partial charge < -0.3 is 18.6 Å². The highest BCUT2D eigenvalue weighted by atomic mass is 32.1. The average Bonchev–Trinajstić information content (AvgIpc) is 3.44. The van der Waals surface area contributed by atoms with Crippen molar-refractivity contribution < 1.29 is 28.2 Å². The molecule has 0 radical (unpaired) electrons. The number of aromatic nitrogens is 1. The molecule has 5 rings (SSSR count). The van der Waals surface area contributed by atoms with Crippen molar-refractivity contribution in [1.29, 1.82) is 0 Å². The Hall–Kier alpha value is -4.18. The summed E-state index contributed by atoms with van der Waals surface area (Å²) in [7, 11) is 0. The monoisotopic (exact) mass is 562 g/mol. The van der Waals surface area contributed by atoms with Crippen LogP contribution >= 0.6 is 11.3 Å². The molecule has 0 aliphatic carbocycles. The zero-order chi connectivity index (χ0) is 28.7. The van der Waals surface area contributed by atoms with Gasteiger partial charge in [-0.2, -0.15) is 0 Å². The Balaban J connectivity index is 1.77. The van der Waals surface area contributed by atoms with Gasteiger partial charge in [-0.15, -0.1) is 0 Å². The first-order valence-corrected chi connectivity index (χ1v) is 14.0. The molecule has 10 heteroatoms. The summed E-state index contributed by atoms with van der Waals surface area (Å²) in [6, 6.07) is 8.01. The first-order valence-electron chi connectivity index (χ1n) is 13.2. The van der Waals surface area contributed by atoms with Crippen LogP contribution in [0, 0.1) is 20.8 Å². The molecule has 9 nitrogen and oxygen atoms in total. The summed E-state index contributed by atoms with van der Waals surface area (Å²) in [5.74, 6) is -0.0520. The summed E-state index contributed by atoms with van der Waals surface area (Å²) in [5, 5.41) is 0.643. The van der Waals surface area contributed by atoms with Crippen molar-refractivity contribution in [3.63, 3.8) is 0 Å². The molecule has 0 N–H and O–H groups in total.